The fraction of sp³-hybridized carbons (Fsp3) is 0.429. The van der Waals surface area contributed by atoms with E-state index in [4.69, 9.17) is 9.88 Å². The monoisotopic (exact) mass is 219 g/mol. The maximum atomic E-state index is 11.0. The van der Waals surface area contributed by atoms with Crippen LogP contribution in [0.4, 0.5) is 0 Å². The minimum Gasteiger partial charge on any atom is -0.376 e. The van der Waals surface area contributed by atoms with Gasteiger partial charge in [-0.2, -0.15) is 0 Å². The number of thiophene rings is 1. The number of primary sulfonamides is 1. The molecule has 0 unspecified atom stereocenters. The Balaban J connectivity index is 2.47. The molecule has 2 N–H and O–H groups in total. The summed E-state index contributed by atoms with van der Waals surface area (Å²) < 4.78 is 27.4. The Morgan fingerprint density at radius 2 is 2.31 bits per heavy atom. The predicted molar refractivity (Wildman–Crippen MR) is 49.1 cm³/mol. The van der Waals surface area contributed by atoms with Gasteiger partial charge < -0.3 is 4.74 Å². The number of rotatable bonds is 1. The van der Waals surface area contributed by atoms with Gasteiger partial charge in [-0.15, -0.1) is 11.3 Å². The van der Waals surface area contributed by atoms with Crippen molar-refractivity contribution in [2.75, 3.05) is 6.61 Å². The lowest BCUT2D eigenvalue weighted by atomic mass is 10.2. The van der Waals surface area contributed by atoms with Crippen LogP contribution in [-0.4, -0.2) is 15.0 Å². The van der Waals surface area contributed by atoms with Gasteiger partial charge in [0.25, 0.3) is 0 Å². The normalized spacial score (nSPS) is 17.0. The minimum absolute atomic E-state index is 0.239. The van der Waals surface area contributed by atoms with E-state index < -0.39 is 10.0 Å². The van der Waals surface area contributed by atoms with E-state index in [0.29, 0.717) is 13.2 Å². The molecule has 72 valence electrons. The summed E-state index contributed by atoms with van der Waals surface area (Å²) in [5, 5.41) is 5.01. The smallest absolute Gasteiger partial charge is 0.247 e. The molecule has 1 aromatic rings. The van der Waals surface area contributed by atoms with Crippen molar-refractivity contribution in [1.29, 1.82) is 0 Å². The first-order valence-electron chi connectivity index (χ1n) is 3.79. The van der Waals surface area contributed by atoms with Crippen LogP contribution < -0.4 is 5.14 Å². The third kappa shape index (κ3) is 1.76. The molecule has 0 radical (unpaired) electrons. The van der Waals surface area contributed by atoms with E-state index >= 15 is 0 Å². The third-order valence-corrected chi connectivity index (χ3v) is 4.54. The Morgan fingerprint density at radius 1 is 1.54 bits per heavy atom. The number of hydrogen-bond acceptors (Lipinski definition) is 4. The molecule has 0 saturated carbocycles. The molecular formula is C7H9NO3S2. The van der Waals surface area contributed by atoms with E-state index in [1.165, 1.54) is 11.3 Å². The topological polar surface area (TPSA) is 69.4 Å². The molecule has 0 aliphatic carbocycles. The van der Waals surface area contributed by atoms with E-state index in [2.05, 4.69) is 0 Å². The molecule has 4 nitrogen and oxygen atoms in total. The summed E-state index contributed by atoms with van der Waals surface area (Å²) in [6.45, 7) is 1.17. The highest BCUT2D eigenvalue weighted by Crippen LogP contribution is 2.28. The highest BCUT2D eigenvalue weighted by molar-refractivity contribution is 7.91. The first-order chi connectivity index (χ1) is 6.07. The second-order valence-electron chi connectivity index (χ2n) is 2.86. The molecule has 0 atom stereocenters. The maximum Gasteiger partial charge on any atom is 0.247 e. The Hall–Kier alpha value is -0.430. The second-order valence-corrected chi connectivity index (χ2v) is 5.79. The van der Waals surface area contributed by atoms with Crippen molar-refractivity contribution in [3.8, 4) is 0 Å². The molecule has 1 aliphatic rings. The number of fused-ring (bicyclic) bond motifs is 1. The Morgan fingerprint density at radius 3 is 2.92 bits per heavy atom. The summed E-state index contributed by atoms with van der Waals surface area (Å²) in [6, 6.07) is 1.61. The maximum absolute atomic E-state index is 11.0. The third-order valence-electron chi connectivity index (χ3n) is 1.89. The number of nitrogens with two attached hydrogens (primary N) is 1. The van der Waals surface area contributed by atoms with Crippen LogP contribution in [0.2, 0.25) is 0 Å². The van der Waals surface area contributed by atoms with Crippen molar-refractivity contribution in [2.24, 2.45) is 5.14 Å². The van der Waals surface area contributed by atoms with Gasteiger partial charge in [0.15, 0.2) is 0 Å². The van der Waals surface area contributed by atoms with Crippen LogP contribution in [0, 0.1) is 0 Å². The quantitative estimate of drug-likeness (QED) is 0.746. The number of ether oxygens (including phenoxy) is 1. The van der Waals surface area contributed by atoms with Crippen LogP contribution in [0.5, 0.6) is 0 Å². The molecule has 0 saturated heterocycles. The zero-order valence-corrected chi connectivity index (χ0v) is 8.45. The van der Waals surface area contributed by atoms with Crippen molar-refractivity contribution in [3.05, 3.63) is 16.5 Å². The summed E-state index contributed by atoms with van der Waals surface area (Å²) in [7, 11) is -3.53. The molecule has 0 amide bonds. The van der Waals surface area contributed by atoms with Crippen LogP contribution in [0.3, 0.4) is 0 Å². The van der Waals surface area contributed by atoms with Crippen LogP contribution in [0.15, 0.2) is 10.3 Å². The van der Waals surface area contributed by atoms with Gasteiger partial charge in [0.1, 0.15) is 4.21 Å². The lowest BCUT2D eigenvalue weighted by Gasteiger charge is -2.10. The van der Waals surface area contributed by atoms with E-state index in [1.807, 2.05) is 0 Å². The van der Waals surface area contributed by atoms with E-state index in [9.17, 15) is 8.42 Å². The zero-order valence-electron chi connectivity index (χ0n) is 6.82. The van der Waals surface area contributed by atoms with Crippen LogP contribution in [0.1, 0.15) is 10.4 Å². The number of sulfonamides is 1. The van der Waals surface area contributed by atoms with Gasteiger partial charge in [-0.25, -0.2) is 13.6 Å². The SMILES string of the molecule is NS(=O)(=O)c1cc2c(s1)CCOC2. The standard InChI is InChI=1S/C7H9NO3S2/c8-13(9,10)7-3-5-4-11-2-1-6(5)12-7/h3H,1-2,4H2,(H2,8,9,10). The van der Waals surface area contributed by atoms with Crippen molar-refractivity contribution in [1.82, 2.24) is 0 Å². The molecule has 2 rings (SSSR count). The molecule has 0 aromatic carbocycles. The van der Waals surface area contributed by atoms with Crippen molar-refractivity contribution in [2.45, 2.75) is 17.2 Å². The summed E-state index contributed by atoms with van der Waals surface area (Å²) in [6.07, 6.45) is 0.787. The Kier molecular flexibility index (Phi) is 2.15. The molecular weight excluding hydrogens is 210 g/mol. The van der Waals surface area contributed by atoms with Crippen LogP contribution >= 0.6 is 11.3 Å². The largest absolute Gasteiger partial charge is 0.376 e. The summed E-state index contributed by atoms with van der Waals surface area (Å²) >= 11 is 1.25. The fourth-order valence-electron chi connectivity index (χ4n) is 1.26. The fourth-order valence-corrected chi connectivity index (χ4v) is 3.21. The van der Waals surface area contributed by atoms with Gasteiger partial charge in [-0.3, -0.25) is 0 Å². The molecule has 0 bridgehead atoms. The van der Waals surface area contributed by atoms with Gasteiger partial charge in [0.2, 0.25) is 10.0 Å². The van der Waals surface area contributed by atoms with Gasteiger partial charge in [0.05, 0.1) is 13.2 Å². The molecule has 1 aliphatic heterocycles. The molecule has 1 aromatic heterocycles. The van der Waals surface area contributed by atoms with E-state index in [0.717, 1.165) is 16.9 Å². The van der Waals surface area contributed by atoms with Crippen LogP contribution in [0.25, 0.3) is 0 Å². The Bertz CT molecular complexity index is 397. The Labute approximate surface area is 80.4 Å². The average Bonchev–Trinajstić information content (AvgIpc) is 2.45. The summed E-state index contributed by atoms with van der Waals surface area (Å²) in [5.41, 5.74) is 0.959. The van der Waals surface area contributed by atoms with Crippen molar-refractivity contribution in [3.63, 3.8) is 0 Å². The lowest BCUT2D eigenvalue weighted by molar-refractivity contribution is 0.112. The molecule has 0 fully saturated rings. The van der Waals surface area contributed by atoms with Crippen molar-refractivity contribution >= 4 is 21.4 Å². The van der Waals surface area contributed by atoms with Crippen LogP contribution in [-0.2, 0) is 27.8 Å². The predicted octanol–water partition coefficient (Wildman–Crippen LogP) is 0.468. The lowest BCUT2D eigenvalue weighted by Crippen LogP contribution is -2.10. The van der Waals surface area contributed by atoms with E-state index in [1.54, 1.807) is 6.07 Å². The molecule has 2 heterocycles. The summed E-state index contributed by atoms with van der Waals surface area (Å²) in [5.74, 6) is 0. The highest BCUT2D eigenvalue weighted by Gasteiger charge is 2.18. The van der Waals surface area contributed by atoms with Gasteiger partial charge in [-0.1, -0.05) is 0 Å². The number of hydrogen-bond donors (Lipinski definition) is 1. The van der Waals surface area contributed by atoms with Gasteiger partial charge >= 0.3 is 0 Å². The van der Waals surface area contributed by atoms with Gasteiger partial charge in [-0.05, 0) is 11.6 Å². The minimum atomic E-state index is -3.53. The second kappa shape index (κ2) is 3.06. The molecule has 0 spiro atoms. The first kappa shape index (κ1) is 9.14. The van der Waals surface area contributed by atoms with Gasteiger partial charge in [0, 0.05) is 11.3 Å². The summed E-state index contributed by atoms with van der Waals surface area (Å²) in [4.78, 5) is 1.08. The first-order valence-corrected chi connectivity index (χ1v) is 6.16. The highest BCUT2D eigenvalue weighted by atomic mass is 32.2. The zero-order chi connectivity index (χ0) is 9.47. The average molecular weight is 219 g/mol. The molecule has 13 heavy (non-hydrogen) atoms. The van der Waals surface area contributed by atoms with Crippen molar-refractivity contribution < 1.29 is 13.2 Å². The molecule has 6 heteroatoms. The van der Waals surface area contributed by atoms with E-state index in [-0.39, 0.29) is 4.21 Å².